The van der Waals surface area contributed by atoms with Crippen LogP contribution in [-0.4, -0.2) is 10.9 Å². The summed E-state index contributed by atoms with van der Waals surface area (Å²) in [5.41, 5.74) is -0.108. The number of amides is 1. The summed E-state index contributed by atoms with van der Waals surface area (Å²) in [7, 11) is 0. The Morgan fingerprint density at radius 2 is 1.82 bits per heavy atom. The van der Waals surface area contributed by atoms with Crippen LogP contribution in [0.25, 0.3) is 0 Å². The first-order valence-electron chi connectivity index (χ1n) is 7.84. The molecule has 0 saturated carbocycles. The number of carbonyl (C=O) groups excluding carboxylic acids is 1. The van der Waals surface area contributed by atoms with Crippen LogP contribution in [0, 0.1) is 11.6 Å². The normalized spacial score (nSPS) is 11.3. The van der Waals surface area contributed by atoms with E-state index in [9.17, 15) is 26.7 Å². The molecule has 28 heavy (non-hydrogen) atoms. The Morgan fingerprint density at radius 1 is 1.04 bits per heavy atom. The van der Waals surface area contributed by atoms with E-state index in [2.05, 4.69) is 15.6 Å². The Kier molecular flexibility index (Phi) is 5.59. The molecule has 4 nitrogen and oxygen atoms in total. The first-order chi connectivity index (χ1) is 13.2. The largest absolute Gasteiger partial charge is 0.416 e. The highest BCUT2D eigenvalue weighted by atomic mass is 32.1. The van der Waals surface area contributed by atoms with Gasteiger partial charge in [-0.05, 0) is 30.3 Å². The second-order valence-electron chi connectivity index (χ2n) is 5.70. The van der Waals surface area contributed by atoms with Crippen molar-refractivity contribution in [2.24, 2.45) is 0 Å². The Bertz CT molecular complexity index is 1000. The number of nitrogens with zero attached hydrogens (tertiary/aromatic N) is 1. The number of nitrogens with one attached hydrogen (secondary N) is 2. The van der Waals surface area contributed by atoms with Gasteiger partial charge in [-0.3, -0.25) is 4.79 Å². The van der Waals surface area contributed by atoms with Gasteiger partial charge < -0.3 is 10.6 Å². The van der Waals surface area contributed by atoms with E-state index < -0.39 is 29.3 Å². The van der Waals surface area contributed by atoms with Crippen LogP contribution in [0.1, 0.15) is 11.3 Å². The van der Waals surface area contributed by atoms with Crippen LogP contribution >= 0.6 is 11.3 Å². The van der Waals surface area contributed by atoms with Crippen molar-refractivity contribution in [1.29, 1.82) is 0 Å². The van der Waals surface area contributed by atoms with Gasteiger partial charge in [0.1, 0.15) is 0 Å². The molecule has 3 aromatic rings. The van der Waals surface area contributed by atoms with Crippen molar-refractivity contribution in [3.8, 4) is 0 Å². The zero-order valence-electron chi connectivity index (χ0n) is 14.0. The molecule has 0 fully saturated rings. The lowest BCUT2D eigenvalue weighted by molar-refractivity contribution is -0.137. The maximum Gasteiger partial charge on any atom is 0.416 e. The highest BCUT2D eigenvalue weighted by Crippen LogP contribution is 2.31. The van der Waals surface area contributed by atoms with Gasteiger partial charge in [0, 0.05) is 22.8 Å². The fourth-order valence-electron chi connectivity index (χ4n) is 2.29. The molecule has 1 heterocycles. The number of benzene rings is 2. The molecule has 146 valence electrons. The Hall–Kier alpha value is -3.01. The van der Waals surface area contributed by atoms with Crippen LogP contribution in [-0.2, 0) is 17.4 Å². The van der Waals surface area contributed by atoms with Gasteiger partial charge in [-0.1, -0.05) is 6.07 Å². The molecule has 2 aromatic carbocycles. The number of halogens is 5. The summed E-state index contributed by atoms with van der Waals surface area (Å²) in [6.07, 6.45) is -4.59. The molecule has 10 heteroatoms. The number of hydrogen-bond donors (Lipinski definition) is 2. The number of rotatable bonds is 5. The third kappa shape index (κ3) is 5.03. The SMILES string of the molecule is O=C(Cc1csc(Nc2cccc(C(F)(F)F)c2)n1)Nc1ccc(F)c(F)c1. The molecular formula is C18H12F5N3OS. The van der Waals surface area contributed by atoms with Crippen molar-refractivity contribution in [3.63, 3.8) is 0 Å². The molecule has 2 N–H and O–H groups in total. The van der Waals surface area contributed by atoms with Crippen LogP contribution < -0.4 is 10.6 Å². The minimum Gasteiger partial charge on any atom is -0.332 e. The number of anilines is 3. The number of aromatic nitrogens is 1. The second kappa shape index (κ2) is 7.93. The Morgan fingerprint density at radius 3 is 2.54 bits per heavy atom. The van der Waals surface area contributed by atoms with Crippen LogP contribution in [0.15, 0.2) is 47.8 Å². The summed E-state index contributed by atoms with van der Waals surface area (Å²) in [6, 6.07) is 7.62. The van der Waals surface area contributed by atoms with Crippen LogP contribution in [0.3, 0.4) is 0 Å². The summed E-state index contributed by atoms with van der Waals surface area (Å²) in [5.74, 6) is -2.61. The number of carbonyl (C=O) groups is 1. The molecule has 0 radical (unpaired) electrons. The van der Waals surface area contributed by atoms with Crippen molar-refractivity contribution in [2.75, 3.05) is 10.6 Å². The van der Waals surface area contributed by atoms with Crippen molar-refractivity contribution >= 4 is 33.8 Å². The predicted octanol–water partition coefficient (Wildman–Crippen LogP) is 5.36. The maximum absolute atomic E-state index is 13.2. The standard InChI is InChI=1S/C18H12F5N3OS/c19-14-5-4-12(7-15(14)20)24-16(27)8-13-9-28-17(26-13)25-11-3-1-2-10(6-11)18(21,22)23/h1-7,9H,8H2,(H,24,27)(H,25,26). The molecule has 0 unspecified atom stereocenters. The quantitative estimate of drug-likeness (QED) is 0.554. The van der Waals surface area contributed by atoms with Gasteiger partial charge >= 0.3 is 6.18 Å². The van der Waals surface area contributed by atoms with Crippen molar-refractivity contribution < 1.29 is 26.7 Å². The highest BCUT2D eigenvalue weighted by molar-refractivity contribution is 7.13. The summed E-state index contributed by atoms with van der Waals surface area (Å²) < 4.78 is 64.3. The highest BCUT2D eigenvalue weighted by Gasteiger charge is 2.30. The lowest BCUT2D eigenvalue weighted by Crippen LogP contribution is -2.14. The molecule has 0 aliphatic carbocycles. The number of thiazole rings is 1. The summed E-state index contributed by atoms with van der Waals surface area (Å²) in [6.45, 7) is 0. The molecule has 0 spiro atoms. The average Bonchev–Trinajstić information content (AvgIpc) is 3.04. The molecule has 0 aliphatic heterocycles. The molecule has 1 amide bonds. The summed E-state index contributed by atoms with van der Waals surface area (Å²) in [4.78, 5) is 16.1. The maximum atomic E-state index is 13.2. The summed E-state index contributed by atoms with van der Waals surface area (Å²) >= 11 is 1.12. The van der Waals surface area contributed by atoms with Gasteiger partial charge in [0.2, 0.25) is 5.91 Å². The van der Waals surface area contributed by atoms with E-state index in [1.54, 1.807) is 5.38 Å². The number of alkyl halides is 3. The lowest BCUT2D eigenvalue weighted by atomic mass is 10.2. The van der Waals surface area contributed by atoms with Crippen LogP contribution in [0.5, 0.6) is 0 Å². The molecule has 0 bridgehead atoms. The molecule has 0 atom stereocenters. The fourth-order valence-corrected chi connectivity index (χ4v) is 3.02. The van der Waals surface area contributed by atoms with E-state index in [1.807, 2.05) is 0 Å². The van der Waals surface area contributed by atoms with E-state index in [0.717, 1.165) is 35.6 Å². The zero-order chi connectivity index (χ0) is 20.3. The number of hydrogen-bond acceptors (Lipinski definition) is 4. The van der Waals surface area contributed by atoms with Gasteiger partial charge in [0.15, 0.2) is 16.8 Å². The third-order valence-corrected chi connectivity index (χ3v) is 4.34. The smallest absolute Gasteiger partial charge is 0.332 e. The average molecular weight is 413 g/mol. The molecule has 3 rings (SSSR count). The second-order valence-corrected chi connectivity index (χ2v) is 6.56. The van der Waals surface area contributed by atoms with Gasteiger partial charge in [0.05, 0.1) is 17.7 Å². The zero-order valence-corrected chi connectivity index (χ0v) is 14.8. The Labute approximate surface area is 160 Å². The molecular weight excluding hydrogens is 401 g/mol. The van der Waals surface area contributed by atoms with E-state index in [-0.39, 0.29) is 17.8 Å². The predicted molar refractivity (Wildman–Crippen MR) is 95.5 cm³/mol. The minimum atomic E-state index is -4.45. The van der Waals surface area contributed by atoms with Crippen molar-refractivity contribution in [1.82, 2.24) is 4.98 Å². The lowest BCUT2D eigenvalue weighted by Gasteiger charge is -2.09. The van der Waals surface area contributed by atoms with Gasteiger partial charge in [-0.25, -0.2) is 13.8 Å². The van der Waals surface area contributed by atoms with E-state index in [0.29, 0.717) is 10.8 Å². The van der Waals surface area contributed by atoms with E-state index >= 15 is 0 Å². The molecule has 1 aromatic heterocycles. The third-order valence-electron chi connectivity index (χ3n) is 3.54. The summed E-state index contributed by atoms with van der Waals surface area (Å²) in [5, 5.41) is 7.06. The van der Waals surface area contributed by atoms with Gasteiger partial charge in [-0.15, -0.1) is 11.3 Å². The minimum absolute atomic E-state index is 0.0986. The van der Waals surface area contributed by atoms with E-state index in [1.165, 1.54) is 18.2 Å². The van der Waals surface area contributed by atoms with Gasteiger partial charge in [-0.2, -0.15) is 13.2 Å². The van der Waals surface area contributed by atoms with Gasteiger partial charge in [0.25, 0.3) is 0 Å². The van der Waals surface area contributed by atoms with Crippen LogP contribution in [0.4, 0.5) is 38.5 Å². The fraction of sp³-hybridized carbons (Fsp3) is 0.111. The topological polar surface area (TPSA) is 54.0 Å². The first kappa shape index (κ1) is 19.7. The Balaban J connectivity index is 1.62. The van der Waals surface area contributed by atoms with E-state index in [4.69, 9.17) is 0 Å². The first-order valence-corrected chi connectivity index (χ1v) is 8.72. The monoisotopic (exact) mass is 413 g/mol. The van der Waals surface area contributed by atoms with Crippen molar-refractivity contribution in [2.45, 2.75) is 12.6 Å². The molecule has 0 aliphatic rings. The molecule has 0 saturated heterocycles. The van der Waals surface area contributed by atoms with Crippen LogP contribution in [0.2, 0.25) is 0 Å². The van der Waals surface area contributed by atoms with Crippen molar-refractivity contribution in [3.05, 3.63) is 70.7 Å².